The van der Waals surface area contributed by atoms with E-state index >= 15 is 0 Å². The maximum atomic E-state index is 11.8. The third-order valence-electron chi connectivity index (χ3n) is 2.73. The quantitative estimate of drug-likeness (QED) is 0.786. The predicted octanol–water partition coefficient (Wildman–Crippen LogP) is 0.922. The number of hydrogen-bond acceptors (Lipinski definition) is 3. The molecule has 0 saturated heterocycles. The summed E-state index contributed by atoms with van der Waals surface area (Å²) < 4.78 is 0. The number of likely N-dealkylation sites (N-methyl/N-ethyl adjacent to an activating group) is 1. The van der Waals surface area contributed by atoms with E-state index in [0.29, 0.717) is 25.9 Å². The van der Waals surface area contributed by atoms with Gasteiger partial charge in [0, 0.05) is 20.0 Å². The molecule has 1 aromatic carbocycles. The van der Waals surface area contributed by atoms with Gasteiger partial charge in [-0.15, -0.1) is 12.4 Å². The van der Waals surface area contributed by atoms with Gasteiger partial charge in [-0.3, -0.25) is 9.59 Å². The second-order valence-electron chi connectivity index (χ2n) is 4.40. The number of benzene rings is 1. The largest absolute Gasteiger partial charge is 0.347 e. The molecule has 6 heteroatoms. The van der Waals surface area contributed by atoms with Crippen molar-refractivity contribution in [3.05, 3.63) is 35.9 Å². The van der Waals surface area contributed by atoms with Crippen LogP contribution in [0.15, 0.2) is 30.3 Å². The van der Waals surface area contributed by atoms with Gasteiger partial charge < -0.3 is 16.0 Å². The van der Waals surface area contributed by atoms with Gasteiger partial charge in [-0.1, -0.05) is 30.3 Å². The van der Waals surface area contributed by atoms with Crippen molar-refractivity contribution < 1.29 is 9.59 Å². The Bertz CT molecular complexity index is 412. The number of carbonyl (C=O) groups is 2. The van der Waals surface area contributed by atoms with Crippen LogP contribution in [-0.2, 0) is 16.1 Å². The van der Waals surface area contributed by atoms with Crippen LogP contribution in [0.1, 0.15) is 18.4 Å². The Balaban J connectivity index is 0.00000361. The summed E-state index contributed by atoms with van der Waals surface area (Å²) in [5.41, 5.74) is 6.37. The number of rotatable bonds is 7. The standard InChI is InChI=1S/C14H21N3O2.ClH/c1-17(11-12-6-3-2-4-7-12)14(19)10-16-13(18)8-5-9-15;/h2-4,6-7H,5,8-11,15H2,1H3,(H,16,18);1H. The molecule has 0 aromatic heterocycles. The van der Waals surface area contributed by atoms with Gasteiger partial charge in [-0.25, -0.2) is 0 Å². The van der Waals surface area contributed by atoms with E-state index in [1.54, 1.807) is 11.9 Å². The van der Waals surface area contributed by atoms with Crippen molar-refractivity contribution in [1.82, 2.24) is 10.2 Å². The molecule has 0 spiro atoms. The highest BCUT2D eigenvalue weighted by molar-refractivity contribution is 5.85. The maximum Gasteiger partial charge on any atom is 0.242 e. The van der Waals surface area contributed by atoms with Crippen molar-refractivity contribution >= 4 is 24.2 Å². The number of amides is 2. The topological polar surface area (TPSA) is 75.4 Å². The van der Waals surface area contributed by atoms with Gasteiger partial charge in [-0.05, 0) is 18.5 Å². The van der Waals surface area contributed by atoms with E-state index in [4.69, 9.17) is 5.73 Å². The highest BCUT2D eigenvalue weighted by Gasteiger charge is 2.10. The normalized spacial score (nSPS) is 9.50. The summed E-state index contributed by atoms with van der Waals surface area (Å²) in [4.78, 5) is 24.8. The second kappa shape index (κ2) is 10.2. The highest BCUT2D eigenvalue weighted by Crippen LogP contribution is 2.02. The zero-order chi connectivity index (χ0) is 14.1. The van der Waals surface area contributed by atoms with Crippen molar-refractivity contribution in [1.29, 1.82) is 0 Å². The van der Waals surface area contributed by atoms with Crippen molar-refractivity contribution in [3.63, 3.8) is 0 Å². The van der Waals surface area contributed by atoms with E-state index in [0.717, 1.165) is 5.56 Å². The molecule has 2 amide bonds. The Labute approximate surface area is 125 Å². The van der Waals surface area contributed by atoms with Gasteiger partial charge in [-0.2, -0.15) is 0 Å². The molecule has 1 rings (SSSR count). The van der Waals surface area contributed by atoms with E-state index < -0.39 is 0 Å². The summed E-state index contributed by atoms with van der Waals surface area (Å²) >= 11 is 0. The van der Waals surface area contributed by atoms with Crippen LogP contribution in [0, 0.1) is 0 Å². The van der Waals surface area contributed by atoms with Gasteiger partial charge in [0.1, 0.15) is 0 Å². The number of nitrogens with two attached hydrogens (primary N) is 1. The van der Waals surface area contributed by atoms with Gasteiger partial charge in [0.15, 0.2) is 0 Å². The minimum Gasteiger partial charge on any atom is -0.347 e. The van der Waals surface area contributed by atoms with Crippen LogP contribution >= 0.6 is 12.4 Å². The molecule has 0 radical (unpaired) electrons. The second-order valence-corrected chi connectivity index (χ2v) is 4.40. The van der Waals surface area contributed by atoms with Crippen LogP contribution in [0.2, 0.25) is 0 Å². The summed E-state index contributed by atoms with van der Waals surface area (Å²) in [6.07, 6.45) is 1.01. The van der Waals surface area contributed by atoms with Crippen LogP contribution in [0.4, 0.5) is 0 Å². The van der Waals surface area contributed by atoms with Crippen LogP contribution in [-0.4, -0.2) is 36.9 Å². The molecule has 0 fully saturated rings. The smallest absolute Gasteiger partial charge is 0.242 e. The molecule has 5 nitrogen and oxygen atoms in total. The van der Waals surface area contributed by atoms with Crippen LogP contribution in [0.5, 0.6) is 0 Å². The monoisotopic (exact) mass is 299 g/mol. The SMILES string of the molecule is CN(Cc1ccccc1)C(=O)CNC(=O)CCCN.Cl. The first-order valence-electron chi connectivity index (χ1n) is 6.38. The molecule has 0 aliphatic heterocycles. The van der Waals surface area contributed by atoms with E-state index in [2.05, 4.69) is 5.32 Å². The molecule has 3 N–H and O–H groups in total. The average molecular weight is 300 g/mol. The molecule has 0 heterocycles. The number of hydrogen-bond donors (Lipinski definition) is 2. The summed E-state index contributed by atoms with van der Waals surface area (Å²) in [6, 6.07) is 9.72. The summed E-state index contributed by atoms with van der Waals surface area (Å²) in [7, 11) is 1.72. The fourth-order valence-corrected chi connectivity index (χ4v) is 1.61. The molecule has 0 bridgehead atoms. The lowest BCUT2D eigenvalue weighted by Crippen LogP contribution is -2.37. The summed E-state index contributed by atoms with van der Waals surface area (Å²) in [6.45, 7) is 1.06. The minimum atomic E-state index is -0.132. The molecule has 0 saturated carbocycles. The minimum absolute atomic E-state index is 0. The van der Waals surface area contributed by atoms with Crippen LogP contribution in [0.25, 0.3) is 0 Å². The molecule has 1 aromatic rings. The highest BCUT2D eigenvalue weighted by atomic mass is 35.5. The molecular formula is C14H22ClN3O2. The lowest BCUT2D eigenvalue weighted by molar-refractivity contribution is -0.132. The number of nitrogens with one attached hydrogen (secondary N) is 1. The van der Waals surface area contributed by atoms with Crippen LogP contribution in [0.3, 0.4) is 0 Å². The Kier molecular flexibility index (Phi) is 9.41. The first kappa shape index (κ1) is 18.4. The maximum absolute atomic E-state index is 11.8. The first-order chi connectivity index (χ1) is 9.13. The van der Waals surface area contributed by atoms with Gasteiger partial charge in [0.25, 0.3) is 0 Å². The lowest BCUT2D eigenvalue weighted by atomic mass is 10.2. The van der Waals surface area contributed by atoms with Crippen molar-refractivity contribution in [2.75, 3.05) is 20.1 Å². The molecule has 0 atom stereocenters. The van der Waals surface area contributed by atoms with Gasteiger partial charge in [0.2, 0.25) is 11.8 Å². The van der Waals surface area contributed by atoms with Crippen molar-refractivity contribution in [3.8, 4) is 0 Å². The predicted molar refractivity (Wildman–Crippen MR) is 81.5 cm³/mol. The van der Waals surface area contributed by atoms with Gasteiger partial charge >= 0.3 is 0 Å². The summed E-state index contributed by atoms with van der Waals surface area (Å²) in [5.74, 6) is -0.239. The Morgan fingerprint density at radius 1 is 1.25 bits per heavy atom. The zero-order valence-corrected chi connectivity index (χ0v) is 12.5. The third-order valence-corrected chi connectivity index (χ3v) is 2.73. The molecule has 112 valence electrons. The van der Waals surface area contributed by atoms with Gasteiger partial charge in [0.05, 0.1) is 6.54 Å². The number of nitrogens with zero attached hydrogens (tertiary/aromatic N) is 1. The number of carbonyl (C=O) groups excluding carboxylic acids is 2. The van der Waals surface area contributed by atoms with E-state index in [1.807, 2.05) is 30.3 Å². The van der Waals surface area contributed by atoms with Crippen molar-refractivity contribution in [2.24, 2.45) is 5.73 Å². The first-order valence-corrected chi connectivity index (χ1v) is 6.38. The lowest BCUT2D eigenvalue weighted by Gasteiger charge is -2.17. The summed E-state index contributed by atoms with van der Waals surface area (Å²) in [5, 5.41) is 2.60. The van der Waals surface area contributed by atoms with Crippen LogP contribution < -0.4 is 11.1 Å². The van der Waals surface area contributed by atoms with E-state index in [9.17, 15) is 9.59 Å². The molecule has 0 aliphatic rings. The molecule has 0 unspecified atom stereocenters. The van der Waals surface area contributed by atoms with Crippen molar-refractivity contribution in [2.45, 2.75) is 19.4 Å². The molecular weight excluding hydrogens is 278 g/mol. The Hall–Kier alpha value is -1.59. The average Bonchev–Trinajstić information content (AvgIpc) is 2.43. The fraction of sp³-hybridized carbons (Fsp3) is 0.429. The third kappa shape index (κ3) is 7.11. The molecule has 0 aliphatic carbocycles. The van der Waals surface area contributed by atoms with E-state index in [-0.39, 0.29) is 30.8 Å². The number of halogens is 1. The Morgan fingerprint density at radius 2 is 1.90 bits per heavy atom. The van der Waals surface area contributed by atoms with E-state index in [1.165, 1.54) is 0 Å². The fourth-order valence-electron chi connectivity index (χ4n) is 1.61. The molecule has 20 heavy (non-hydrogen) atoms. The zero-order valence-electron chi connectivity index (χ0n) is 11.7. The Morgan fingerprint density at radius 3 is 2.50 bits per heavy atom.